The molecule has 2 N–H and O–H groups in total. The van der Waals surface area contributed by atoms with Crippen molar-refractivity contribution < 1.29 is 14.6 Å². The van der Waals surface area contributed by atoms with E-state index in [-0.39, 0.29) is 6.10 Å². The normalized spacial score (nSPS) is 18.4. The van der Waals surface area contributed by atoms with Gasteiger partial charge in [0.15, 0.2) is 0 Å². The fourth-order valence-corrected chi connectivity index (χ4v) is 4.85. The van der Waals surface area contributed by atoms with Gasteiger partial charge in [0, 0.05) is 37.0 Å². The minimum Gasteiger partial charge on any atom is -0.480 e. The minimum atomic E-state index is -0.848. The highest BCUT2D eigenvalue weighted by molar-refractivity contribution is 6.30. The summed E-state index contributed by atoms with van der Waals surface area (Å²) in [6.07, 6.45) is 7.45. The molecule has 7 heteroatoms. The molecule has 1 aromatic carbocycles. The van der Waals surface area contributed by atoms with Gasteiger partial charge in [0.1, 0.15) is 11.9 Å². The monoisotopic (exact) mass is 487 g/mol. The molecule has 0 bridgehead atoms. The number of carboxylic acid groups (broad SMARTS) is 1. The van der Waals surface area contributed by atoms with Crippen LogP contribution in [0.15, 0.2) is 36.4 Å². The van der Waals surface area contributed by atoms with Crippen molar-refractivity contribution >= 4 is 23.4 Å². The first-order valence-electron chi connectivity index (χ1n) is 12.7. The Morgan fingerprint density at radius 3 is 2.91 bits per heavy atom. The number of nitrogens with one attached hydrogen (secondary N) is 1. The number of aromatic nitrogens is 1. The van der Waals surface area contributed by atoms with Gasteiger partial charge in [0.25, 0.3) is 0 Å². The Hall–Kier alpha value is -2.15. The van der Waals surface area contributed by atoms with Crippen LogP contribution in [0.3, 0.4) is 0 Å². The first-order chi connectivity index (χ1) is 16.6. The highest BCUT2D eigenvalue weighted by atomic mass is 35.5. The van der Waals surface area contributed by atoms with E-state index in [1.807, 2.05) is 24.8 Å². The number of hydrogen-bond donors (Lipinski definition) is 2. The van der Waals surface area contributed by atoms with Crippen LogP contribution in [0.1, 0.15) is 68.8 Å². The van der Waals surface area contributed by atoms with Gasteiger partial charge in [-0.15, -0.1) is 0 Å². The number of fused-ring (bicyclic) bond motifs is 1. The molecule has 3 heterocycles. The Morgan fingerprint density at radius 2 is 2.12 bits per heavy atom. The lowest BCUT2D eigenvalue weighted by atomic mass is 10.1. The Labute approximate surface area is 208 Å². The van der Waals surface area contributed by atoms with Crippen LogP contribution in [0.5, 0.6) is 0 Å². The van der Waals surface area contributed by atoms with Crippen molar-refractivity contribution in [2.45, 2.75) is 70.9 Å². The molecule has 0 aliphatic carbocycles. The summed E-state index contributed by atoms with van der Waals surface area (Å²) in [5.41, 5.74) is 3.21. The predicted octanol–water partition coefficient (Wildman–Crippen LogP) is 5.75. The van der Waals surface area contributed by atoms with Gasteiger partial charge >= 0.3 is 5.97 Å². The average molecular weight is 488 g/mol. The van der Waals surface area contributed by atoms with E-state index in [1.54, 1.807) is 18.2 Å². The zero-order valence-electron chi connectivity index (χ0n) is 20.4. The Bertz CT molecular complexity index is 924. The molecule has 1 fully saturated rings. The number of aryl methyl sites for hydroxylation is 2. The van der Waals surface area contributed by atoms with Crippen LogP contribution < -0.4 is 5.32 Å². The third-order valence-corrected chi connectivity index (χ3v) is 6.56. The minimum absolute atomic E-state index is 0.0874. The molecule has 186 valence electrons. The third kappa shape index (κ3) is 7.42. The number of carbonyl (C=O) groups is 1. The highest BCUT2D eigenvalue weighted by Crippen LogP contribution is 2.28. The molecule has 1 saturated heterocycles. The van der Waals surface area contributed by atoms with Gasteiger partial charge in [-0.1, -0.05) is 50.1 Å². The molecule has 2 atom stereocenters. The summed E-state index contributed by atoms with van der Waals surface area (Å²) in [5, 5.41) is 13.7. The Balaban J connectivity index is 0.00000158. The van der Waals surface area contributed by atoms with Crippen molar-refractivity contribution in [1.82, 2.24) is 9.88 Å². The van der Waals surface area contributed by atoms with E-state index in [0.29, 0.717) is 24.7 Å². The molecule has 0 amide bonds. The fraction of sp³-hybridized carbons (Fsp3) is 0.556. The van der Waals surface area contributed by atoms with E-state index >= 15 is 0 Å². The van der Waals surface area contributed by atoms with Gasteiger partial charge in [-0.2, -0.15) is 0 Å². The molecule has 2 aliphatic heterocycles. The topological polar surface area (TPSA) is 74.7 Å². The van der Waals surface area contributed by atoms with Crippen molar-refractivity contribution in [3.63, 3.8) is 0 Å². The van der Waals surface area contributed by atoms with Crippen molar-refractivity contribution in [1.29, 1.82) is 0 Å². The number of nitrogens with zero attached hydrogens (tertiary/aromatic N) is 2. The summed E-state index contributed by atoms with van der Waals surface area (Å²) >= 11 is 6.07. The van der Waals surface area contributed by atoms with Crippen LogP contribution in [0.2, 0.25) is 5.02 Å². The molecule has 1 aromatic heterocycles. The van der Waals surface area contributed by atoms with Crippen LogP contribution >= 0.6 is 11.6 Å². The number of pyridine rings is 1. The summed E-state index contributed by atoms with van der Waals surface area (Å²) in [5.74, 6) is 0.221. The maximum absolute atomic E-state index is 11.9. The Morgan fingerprint density at radius 1 is 1.26 bits per heavy atom. The molecule has 2 aliphatic rings. The molecular weight excluding hydrogens is 450 g/mol. The second-order valence-electron chi connectivity index (χ2n) is 8.72. The van der Waals surface area contributed by atoms with E-state index in [0.717, 1.165) is 62.1 Å². The zero-order chi connectivity index (χ0) is 24.3. The van der Waals surface area contributed by atoms with Crippen LogP contribution in [0.4, 0.5) is 5.82 Å². The third-order valence-electron chi connectivity index (χ3n) is 6.32. The predicted molar refractivity (Wildman–Crippen MR) is 138 cm³/mol. The van der Waals surface area contributed by atoms with E-state index in [2.05, 4.69) is 17.4 Å². The van der Waals surface area contributed by atoms with Crippen LogP contribution in [-0.2, 0) is 22.4 Å². The fourth-order valence-electron chi connectivity index (χ4n) is 4.65. The van der Waals surface area contributed by atoms with E-state index in [1.165, 1.54) is 12.0 Å². The lowest BCUT2D eigenvalue weighted by molar-refractivity contribution is -0.143. The van der Waals surface area contributed by atoms with E-state index < -0.39 is 12.0 Å². The smallest absolute Gasteiger partial charge is 0.325 e. The molecule has 4 rings (SSSR count). The van der Waals surface area contributed by atoms with Crippen LogP contribution in [-0.4, -0.2) is 53.3 Å². The van der Waals surface area contributed by atoms with Gasteiger partial charge in [0.2, 0.25) is 0 Å². The quantitative estimate of drug-likeness (QED) is 0.416. The number of anilines is 1. The van der Waals surface area contributed by atoms with Crippen molar-refractivity contribution in [2.75, 3.05) is 31.6 Å². The Kier molecular flexibility index (Phi) is 10.6. The van der Waals surface area contributed by atoms with Crippen LogP contribution in [0.25, 0.3) is 0 Å². The van der Waals surface area contributed by atoms with E-state index in [9.17, 15) is 9.90 Å². The summed E-state index contributed by atoms with van der Waals surface area (Å²) in [7, 11) is 0. The number of aliphatic carboxylic acids is 1. The maximum atomic E-state index is 11.9. The number of hydrogen-bond acceptors (Lipinski definition) is 5. The number of halogens is 1. The molecule has 34 heavy (non-hydrogen) atoms. The zero-order valence-corrected chi connectivity index (χ0v) is 21.2. The molecule has 0 unspecified atom stereocenters. The van der Waals surface area contributed by atoms with E-state index in [4.69, 9.17) is 21.3 Å². The number of ether oxygens (including phenoxy) is 1. The van der Waals surface area contributed by atoms with Gasteiger partial charge in [-0.25, -0.2) is 4.98 Å². The van der Waals surface area contributed by atoms with Gasteiger partial charge in [-0.3, -0.25) is 9.69 Å². The summed E-state index contributed by atoms with van der Waals surface area (Å²) < 4.78 is 6.06. The van der Waals surface area contributed by atoms with Gasteiger partial charge in [-0.05, 0) is 67.9 Å². The maximum Gasteiger partial charge on any atom is 0.325 e. The summed E-state index contributed by atoms with van der Waals surface area (Å²) in [4.78, 5) is 18.6. The lowest BCUT2D eigenvalue weighted by Crippen LogP contribution is -2.33. The molecule has 6 nitrogen and oxygen atoms in total. The van der Waals surface area contributed by atoms with Gasteiger partial charge < -0.3 is 15.2 Å². The number of benzene rings is 1. The summed E-state index contributed by atoms with van der Waals surface area (Å²) in [6.45, 7) is 7.08. The summed E-state index contributed by atoms with van der Waals surface area (Å²) in [6, 6.07) is 10.8. The number of carboxylic acids is 1. The largest absolute Gasteiger partial charge is 0.480 e. The number of unbranched alkanes of at least 4 members (excludes halogenated alkanes) is 2. The number of rotatable bonds is 10. The standard InChI is InChI=1S/C25H32ClN3O3.C2H6/c26-20-8-4-6-19(16-20)23(25(30)31)29-14-12-22(17-29)32-15-3-1-2-9-21-11-10-18-7-5-13-27-24(18)28-21;1-2/h4,6,8,10-11,16,22-23H,1-3,5,7,9,12-15,17H2,(H,27,28)(H,30,31);1-2H3/t22-,23-;/m1./s1. The molecular formula is C27H38ClN3O3. The second kappa shape index (κ2) is 13.7. The van der Waals surface area contributed by atoms with Crippen molar-refractivity contribution in [2.24, 2.45) is 0 Å². The van der Waals surface area contributed by atoms with Gasteiger partial charge in [0.05, 0.1) is 6.10 Å². The SMILES string of the molecule is CC.O=C(O)[C@@H](c1cccc(Cl)c1)N1CC[C@@H](OCCCCCc2ccc3c(n2)NCCC3)C1. The molecule has 2 aromatic rings. The molecule has 0 radical (unpaired) electrons. The van der Waals surface area contributed by atoms with Crippen molar-refractivity contribution in [3.8, 4) is 0 Å². The first kappa shape index (κ1) is 26.5. The first-order valence-corrected chi connectivity index (χ1v) is 13.0. The van der Waals surface area contributed by atoms with Crippen LogP contribution in [0, 0.1) is 0 Å². The average Bonchev–Trinajstić information content (AvgIpc) is 3.30. The molecule has 0 spiro atoms. The molecule has 0 saturated carbocycles. The second-order valence-corrected chi connectivity index (χ2v) is 9.16. The number of likely N-dealkylation sites (tertiary alicyclic amines) is 1. The lowest BCUT2D eigenvalue weighted by Gasteiger charge is -2.24. The highest BCUT2D eigenvalue weighted by Gasteiger charge is 2.34. The van der Waals surface area contributed by atoms with Crippen molar-refractivity contribution in [3.05, 3.63) is 58.2 Å².